The molecule has 116 valence electrons. The average molecular weight is 296 g/mol. The minimum Gasteiger partial charge on any atom is -0.491 e. The highest BCUT2D eigenvalue weighted by molar-refractivity contribution is 5.77. The number of hydrogen-bond acceptors (Lipinski definition) is 5. The van der Waals surface area contributed by atoms with Crippen LogP contribution in [-0.2, 0) is 4.79 Å². The van der Waals surface area contributed by atoms with Gasteiger partial charge in [0.1, 0.15) is 11.8 Å². The highest BCUT2D eigenvalue weighted by atomic mass is 16.6. The van der Waals surface area contributed by atoms with Gasteiger partial charge in [-0.2, -0.15) is 0 Å². The summed E-state index contributed by atoms with van der Waals surface area (Å²) < 4.78 is 5.46. The van der Waals surface area contributed by atoms with Gasteiger partial charge in [0.05, 0.1) is 17.1 Å². The molecular weight excluding hydrogens is 276 g/mol. The molecule has 0 aliphatic carbocycles. The van der Waals surface area contributed by atoms with Gasteiger partial charge < -0.3 is 15.2 Å². The van der Waals surface area contributed by atoms with Crippen LogP contribution in [0.5, 0.6) is 5.75 Å². The first-order valence-corrected chi connectivity index (χ1v) is 6.79. The summed E-state index contributed by atoms with van der Waals surface area (Å²) >= 11 is 0. The van der Waals surface area contributed by atoms with E-state index in [4.69, 9.17) is 9.84 Å². The van der Waals surface area contributed by atoms with Crippen molar-refractivity contribution in [3.8, 4) is 5.75 Å². The molecule has 0 bridgehead atoms. The van der Waals surface area contributed by atoms with Crippen LogP contribution in [0.1, 0.15) is 33.6 Å². The molecule has 1 rings (SSSR count). The predicted molar refractivity (Wildman–Crippen MR) is 78.8 cm³/mol. The second-order valence-electron chi connectivity index (χ2n) is 4.96. The Morgan fingerprint density at radius 3 is 2.57 bits per heavy atom. The molecule has 7 heteroatoms. The maximum absolute atomic E-state index is 11.1. The normalized spacial score (nSPS) is 12.0. The van der Waals surface area contributed by atoms with Crippen molar-refractivity contribution in [2.24, 2.45) is 0 Å². The van der Waals surface area contributed by atoms with Crippen molar-refractivity contribution < 1.29 is 19.6 Å². The van der Waals surface area contributed by atoms with Crippen LogP contribution in [0.4, 0.5) is 11.4 Å². The lowest BCUT2D eigenvalue weighted by atomic mass is 10.1. The maximum atomic E-state index is 11.1. The molecule has 0 saturated carbocycles. The van der Waals surface area contributed by atoms with Gasteiger partial charge in [-0.1, -0.05) is 13.3 Å². The molecule has 0 radical (unpaired) electrons. The lowest BCUT2D eigenvalue weighted by Crippen LogP contribution is -2.29. The standard InChI is InChI=1S/C14H20N2O5/c1-4-5-13(14(17)18)15-10-6-11(16(19)20)8-12(7-10)21-9(2)3/h6-9,13,15H,4-5H2,1-3H3,(H,17,18). The van der Waals surface area contributed by atoms with E-state index < -0.39 is 16.9 Å². The lowest BCUT2D eigenvalue weighted by molar-refractivity contribution is -0.384. The molecule has 0 heterocycles. The number of carboxylic acid groups (broad SMARTS) is 1. The number of nitrogens with one attached hydrogen (secondary N) is 1. The molecule has 0 fully saturated rings. The molecular formula is C14H20N2O5. The number of anilines is 1. The van der Waals surface area contributed by atoms with Crippen LogP contribution in [0, 0.1) is 10.1 Å². The number of nitro benzene ring substituents is 1. The summed E-state index contributed by atoms with van der Waals surface area (Å²) in [4.78, 5) is 21.6. The van der Waals surface area contributed by atoms with Crippen molar-refractivity contribution in [3.63, 3.8) is 0 Å². The van der Waals surface area contributed by atoms with Crippen molar-refractivity contribution in [2.75, 3.05) is 5.32 Å². The lowest BCUT2D eigenvalue weighted by Gasteiger charge is -2.16. The van der Waals surface area contributed by atoms with Gasteiger partial charge in [-0.05, 0) is 20.3 Å². The Morgan fingerprint density at radius 2 is 2.10 bits per heavy atom. The smallest absolute Gasteiger partial charge is 0.326 e. The van der Waals surface area contributed by atoms with Crippen LogP contribution in [0.15, 0.2) is 18.2 Å². The zero-order chi connectivity index (χ0) is 16.0. The molecule has 1 aromatic rings. The van der Waals surface area contributed by atoms with Gasteiger partial charge in [-0.25, -0.2) is 4.79 Å². The number of hydrogen-bond donors (Lipinski definition) is 2. The molecule has 1 aromatic carbocycles. The monoisotopic (exact) mass is 296 g/mol. The number of aliphatic carboxylic acids is 1. The SMILES string of the molecule is CCCC(Nc1cc(OC(C)C)cc([N+](=O)[O-])c1)C(=O)O. The molecule has 0 aliphatic rings. The Labute approximate surface area is 123 Å². The van der Waals surface area contributed by atoms with Crippen LogP contribution in [-0.4, -0.2) is 28.1 Å². The molecule has 1 unspecified atom stereocenters. The Hall–Kier alpha value is -2.31. The third-order valence-electron chi connectivity index (χ3n) is 2.69. The molecule has 2 N–H and O–H groups in total. The van der Waals surface area contributed by atoms with Gasteiger partial charge in [0.2, 0.25) is 0 Å². The van der Waals surface area contributed by atoms with Crippen LogP contribution in [0.25, 0.3) is 0 Å². The van der Waals surface area contributed by atoms with E-state index in [1.807, 2.05) is 20.8 Å². The molecule has 0 amide bonds. The second-order valence-corrected chi connectivity index (χ2v) is 4.96. The number of carboxylic acids is 1. The molecule has 0 aromatic heterocycles. The maximum Gasteiger partial charge on any atom is 0.326 e. The quantitative estimate of drug-likeness (QED) is 0.564. The first-order chi connectivity index (χ1) is 9.83. The number of carbonyl (C=O) groups is 1. The first kappa shape index (κ1) is 16.7. The first-order valence-electron chi connectivity index (χ1n) is 6.79. The second kappa shape index (κ2) is 7.47. The number of nitrogens with zero attached hydrogens (tertiary/aromatic N) is 1. The largest absolute Gasteiger partial charge is 0.491 e. The van der Waals surface area contributed by atoms with E-state index in [-0.39, 0.29) is 11.8 Å². The van der Waals surface area contributed by atoms with E-state index in [0.717, 1.165) is 0 Å². The number of nitro groups is 1. The molecule has 0 spiro atoms. The minimum absolute atomic E-state index is 0.134. The summed E-state index contributed by atoms with van der Waals surface area (Å²) in [7, 11) is 0. The van der Waals surface area contributed by atoms with Crippen molar-refractivity contribution in [3.05, 3.63) is 28.3 Å². The topological polar surface area (TPSA) is 102 Å². The van der Waals surface area contributed by atoms with E-state index in [0.29, 0.717) is 24.3 Å². The summed E-state index contributed by atoms with van der Waals surface area (Å²) in [6, 6.07) is 3.40. The molecule has 21 heavy (non-hydrogen) atoms. The highest BCUT2D eigenvalue weighted by Gasteiger charge is 2.18. The van der Waals surface area contributed by atoms with E-state index in [1.54, 1.807) is 6.07 Å². The van der Waals surface area contributed by atoms with E-state index in [2.05, 4.69) is 5.32 Å². The van der Waals surface area contributed by atoms with Gasteiger partial charge in [0.15, 0.2) is 0 Å². The fourth-order valence-electron chi connectivity index (χ4n) is 1.86. The van der Waals surface area contributed by atoms with Gasteiger partial charge >= 0.3 is 5.97 Å². The average Bonchev–Trinajstić information content (AvgIpc) is 2.36. The van der Waals surface area contributed by atoms with E-state index in [9.17, 15) is 14.9 Å². The summed E-state index contributed by atoms with van der Waals surface area (Å²) in [6.07, 6.45) is 0.984. The zero-order valence-corrected chi connectivity index (χ0v) is 12.3. The van der Waals surface area contributed by atoms with E-state index >= 15 is 0 Å². The summed E-state index contributed by atoms with van der Waals surface area (Å²) in [5.74, 6) is -0.656. The van der Waals surface area contributed by atoms with Crippen LogP contribution in [0.2, 0.25) is 0 Å². The molecule has 1 atom stereocenters. The van der Waals surface area contributed by atoms with Gasteiger partial charge in [0, 0.05) is 17.8 Å². The van der Waals surface area contributed by atoms with Crippen molar-refractivity contribution in [1.29, 1.82) is 0 Å². The Balaban J connectivity index is 3.06. The van der Waals surface area contributed by atoms with Gasteiger partial charge in [0.25, 0.3) is 5.69 Å². The minimum atomic E-state index is -0.991. The van der Waals surface area contributed by atoms with Crippen molar-refractivity contribution in [1.82, 2.24) is 0 Å². The molecule has 7 nitrogen and oxygen atoms in total. The Kier molecular flexibility index (Phi) is 5.95. The summed E-state index contributed by atoms with van der Waals surface area (Å²) in [5.41, 5.74) is 0.219. The number of benzene rings is 1. The fraction of sp³-hybridized carbons (Fsp3) is 0.500. The van der Waals surface area contributed by atoms with E-state index in [1.165, 1.54) is 12.1 Å². The molecule has 0 aliphatic heterocycles. The number of ether oxygens (including phenoxy) is 1. The fourth-order valence-corrected chi connectivity index (χ4v) is 1.86. The third-order valence-corrected chi connectivity index (χ3v) is 2.69. The Bertz CT molecular complexity index is 516. The van der Waals surface area contributed by atoms with Crippen LogP contribution in [0.3, 0.4) is 0 Å². The summed E-state index contributed by atoms with van der Waals surface area (Å²) in [5, 5.41) is 22.9. The highest BCUT2D eigenvalue weighted by Crippen LogP contribution is 2.27. The summed E-state index contributed by atoms with van der Waals surface area (Å²) in [6.45, 7) is 5.49. The van der Waals surface area contributed by atoms with Crippen molar-refractivity contribution >= 4 is 17.3 Å². The Morgan fingerprint density at radius 1 is 1.43 bits per heavy atom. The van der Waals surface area contributed by atoms with Gasteiger partial charge in [-0.3, -0.25) is 10.1 Å². The third kappa shape index (κ3) is 5.29. The van der Waals surface area contributed by atoms with Crippen LogP contribution < -0.4 is 10.1 Å². The molecule has 0 saturated heterocycles. The number of rotatable bonds is 8. The predicted octanol–water partition coefficient (Wildman–Crippen LogP) is 3.05. The van der Waals surface area contributed by atoms with Crippen LogP contribution >= 0.6 is 0 Å². The van der Waals surface area contributed by atoms with Gasteiger partial charge in [-0.15, -0.1) is 0 Å². The van der Waals surface area contributed by atoms with Crippen molar-refractivity contribution in [2.45, 2.75) is 45.8 Å². The number of non-ortho nitro benzene ring substituents is 1. The zero-order valence-electron chi connectivity index (χ0n) is 12.3.